The summed E-state index contributed by atoms with van der Waals surface area (Å²) in [6, 6.07) is 0. The third-order valence-corrected chi connectivity index (χ3v) is 13.2. The second-order valence-corrected chi connectivity index (χ2v) is 15.2. The van der Waals surface area contributed by atoms with E-state index in [9.17, 15) is 4.79 Å². The van der Waals surface area contributed by atoms with Crippen LogP contribution in [-0.4, -0.2) is 30.6 Å². The third kappa shape index (κ3) is 12.4. The minimum absolute atomic E-state index is 0.137. The van der Waals surface area contributed by atoms with Crippen molar-refractivity contribution in [2.45, 2.75) is 137 Å². The van der Waals surface area contributed by atoms with Gasteiger partial charge in [0.1, 0.15) is 0 Å². The summed E-state index contributed by atoms with van der Waals surface area (Å²) in [6.45, 7) is 8.95. The summed E-state index contributed by atoms with van der Waals surface area (Å²) in [5, 5.41) is 0. The molecule has 0 spiro atoms. The van der Waals surface area contributed by atoms with Gasteiger partial charge in [0.25, 0.3) is 0 Å². The standard InChI is InChI=1S/C26H55O2P/c1-6-11-16-18-19-21-26(27)28-29(22-13-8-3,23-14-9-4,24-15-10-5)25-20-17-12-7-2/h6-25H2,1-5H3. The van der Waals surface area contributed by atoms with Gasteiger partial charge in [-0.25, -0.2) is 0 Å². The van der Waals surface area contributed by atoms with E-state index in [1.54, 1.807) is 0 Å². The molecule has 0 aliphatic rings. The van der Waals surface area contributed by atoms with E-state index in [-0.39, 0.29) is 5.97 Å². The Balaban J connectivity index is 5.42. The molecule has 0 heterocycles. The van der Waals surface area contributed by atoms with Crippen molar-refractivity contribution >= 4 is 12.8 Å². The molecule has 0 saturated heterocycles. The molecule has 0 aromatic rings. The number of hydrogen-bond donors (Lipinski definition) is 0. The summed E-state index contributed by atoms with van der Waals surface area (Å²) in [5.41, 5.74) is 0. The Kier molecular flexibility index (Phi) is 17.5. The monoisotopic (exact) mass is 430 g/mol. The van der Waals surface area contributed by atoms with E-state index >= 15 is 0 Å². The molecule has 0 aliphatic carbocycles. The summed E-state index contributed by atoms with van der Waals surface area (Å²) in [4.78, 5) is 13.1. The van der Waals surface area contributed by atoms with Crippen molar-refractivity contribution < 1.29 is 9.32 Å². The van der Waals surface area contributed by atoms with Gasteiger partial charge >= 0.3 is 184 Å². The molecule has 0 atom stereocenters. The van der Waals surface area contributed by atoms with E-state index in [0.717, 1.165) is 6.42 Å². The van der Waals surface area contributed by atoms with Crippen LogP contribution in [0, 0.1) is 0 Å². The van der Waals surface area contributed by atoms with E-state index in [1.807, 2.05) is 0 Å². The predicted molar refractivity (Wildman–Crippen MR) is 135 cm³/mol. The van der Waals surface area contributed by atoms with Gasteiger partial charge in [0, 0.05) is 0 Å². The normalized spacial score (nSPS) is 13.2. The Labute approximate surface area is 184 Å². The molecule has 0 unspecified atom stereocenters. The average molecular weight is 431 g/mol. The van der Waals surface area contributed by atoms with Crippen LogP contribution in [0.15, 0.2) is 0 Å². The molecule has 0 rings (SSSR count). The van der Waals surface area contributed by atoms with Crippen LogP contribution in [0.5, 0.6) is 0 Å². The van der Waals surface area contributed by atoms with E-state index < -0.39 is 6.83 Å². The Hall–Kier alpha value is -0.100. The van der Waals surface area contributed by atoms with Gasteiger partial charge in [-0.2, -0.15) is 0 Å². The molecule has 0 N–H and O–H groups in total. The Morgan fingerprint density at radius 2 is 0.897 bits per heavy atom. The fourth-order valence-corrected chi connectivity index (χ4v) is 11.4. The zero-order valence-corrected chi connectivity index (χ0v) is 21.8. The first-order valence-electron chi connectivity index (χ1n) is 13.2. The van der Waals surface area contributed by atoms with Crippen LogP contribution in [-0.2, 0) is 9.32 Å². The molecular weight excluding hydrogens is 375 g/mol. The SMILES string of the molecule is CCCCCCCC(=O)OP(CCCC)(CCCC)(CCCC)CCCCCC. The molecule has 0 bridgehead atoms. The van der Waals surface area contributed by atoms with E-state index in [0.29, 0.717) is 6.42 Å². The second-order valence-electron chi connectivity index (χ2n) is 9.50. The molecule has 0 saturated carbocycles. The minimum atomic E-state index is -2.44. The van der Waals surface area contributed by atoms with Crippen molar-refractivity contribution in [3.63, 3.8) is 0 Å². The van der Waals surface area contributed by atoms with Crippen molar-refractivity contribution in [1.29, 1.82) is 0 Å². The molecule has 3 heteroatoms. The van der Waals surface area contributed by atoms with Gasteiger partial charge in [-0.05, 0) is 0 Å². The number of carbonyl (C=O) groups is 1. The van der Waals surface area contributed by atoms with Crippen LogP contribution in [0.3, 0.4) is 0 Å². The molecule has 0 aliphatic heterocycles. The van der Waals surface area contributed by atoms with Crippen LogP contribution in [0.4, 0.5) is 0 Å². The zero-order chi connectivity index (χ0) is 21.9. The average Bonchev–Trinajstić information content (AvgIpc) is 2.73. The van der Waals surface area contributed by atoms with Gasteiger partial charge in [0.2, 0.25) is 0 Å². The van der Waals surface area contributed by atoms with E-state index in [1.165, 1.54) is 115 Å². The predicted octanol–water partition coefficient (Wildman–Crippen LogP) is 9.34. The van der Waals surface area contributed by atoms with Crippen molar-refractivity contribution in [2.24, 2.45) is 0 Å². The number of hydrogen-bond acceptors (Lipinski definition) is 2. The molecule has 2 nitrogen and oxygen atoms in total. The van der Waals surface area contributed by atoms with Gasteiger partial charge in [0.15, 0.2) is 0 Å². The first kappa shape index (κ1) is 28.9. The molecule has 0 fully saturated rings. The van der Waals surface area contributed by atoms with Crippen molar-refractivity contribution in [3.8, 4) is 0 Å². The van der Waals surface area contributed by atoms with Crippen LogP contribution in [0.2, 0.25) is 0 Å². The molecule has 29 heavy (non-hydrogen) atoms. The first-order chi connectivity index (χ1) is 14.0. The van der Waals surface area contributed by atoms with Crippen LogP contribution in [0.1, 0.15) is 137 Å². The number of unbranched alkanes of at least 4 members (excludes halogenated alkanes) is 10. The molecule has 0 aromatic heterocycles. The zero-order valence-electron chi connectivity index (χ0n) is 20.9. The van der Waals surface area contributed by atoms with Crippen LogP contribution < -0.4 is 0 Å². The van der Waals surface area contributed by atoms with Gasteiger partial charge in [0.05, 0.1) is 0 Å². The molecular formula is C26H55O2P. The van der Waals surface area contributed by atoms with E-state index in [4.69, 9.17) is 4.52 Å². The maximum atomic E-state index is 13.1. The van der Waals surface area contributed by atoms with Gasteiger partial charge < -0.3 is 0 Å². The second kappa shape index (κ2) is 17.6. The van der Waals surface area contributed by atoms with Crippen molar-refractivity contribution in [1.82, 2.24) is 0 Å². The maximum absolute atomic E-state index is 13.1. The first-order valence-corrected chi connectivity index (χ1v) is 16.1. The summed E-state index contributed by atoms with van der Waals surface area (Å²) < 4.78 is 6.81. The quantitative estimate of drug-likeness (QED) is 0.134. The van der Waals surface area contributed by atoms with Gasteiger partial charge in [-0.15, -0.1) is 0 Å². The number of rotatable bonds is 21. The third-order valence-electron chi connectivity index (χ3n) is 6.65. The molecule has 0 amide bonds. The van der Waals surface area contributed by atoms with Crippen molar-refractivity contribution in [3.05, 3.63) is 0 Å². The molecule has 0 radical (unpaired) electrons. The van der Waals surface area contributed by atoms with Gasteiger partial charge in [-0.1, -0.05) is 0 Å². The topological polar surface area (TPSA) is 26.3 Å². The summed E-state index contributed by atoms with van der Waals surface area (Å²) >= 11 is 0. The summed E-state index contributed by atoms with van der Waals surface area (Å²) in [6.07, 6.45) is 23.8. The summed E-state index contributed by atoms with van der Waals surface area (Å²) in [5.74, 6) is 0.137. The molecule has 0 aromatic carbocycles. The fourth-order valence-electron chi connectivity index (χ4n) is 4.67. The van der Waals surface area contributed by atoms with E-state index in [2.05, 4.69) is 34.6 Å². The Morgan fingerprint density at radius 1 is 0.517 bits per heavy atom. The molecule has 176 valence electrons. The Bertz CT molecular complexity index is 370. The Morgan fingerprint density at radius 3 is 1.34 bits per heavy atom. The van der Waals surface area contributed by atoms with Crippen LogP contribution in [0.25, 0.3) is 0 Å². The number of carbonyl (C=O) groups excluding carboxylic acids is 1. The fraction of sp³-hybridized carbons (Fsp3) is 0.962. The summed E-state index contributed by atoms with van der Waals surface area (Å²) in [7, 11) is 0. The van der Waals surface area contributed by atoms with Crippen molar-refractivity contribution in [2.75, 3.05) is 24.6 Å². The van der Waals surface area contributed by atoms with Crippen LogP contribution >= 0.6 is 6.83 Å². The van der Waals surface area contributed by atoms with Gasteiger partial charge in [-0.3, -0.25) is 0 Å².